The van der Waals surface area contributed by atoms with Crippen LogP contribution >= 0.6 is 0 Å². The van der Waals surface area contributed by atoms with Gasteiger partial charge in [0.15, 0.2) is 5.78 Å². The van der Waals surface area contributed by atoms with E-state index in [1.807, 2.05) is 6.92 Å². The minimum absolute atomic E-state index is 0.112. The predicted molar refractivity (Wildman–Crippen MR) is 71.1 cm³/mol. The van der Waals surface area contributed by atoms with E-state index in [-0.39, 0.29) is 25.4 Å². The first-order valence-corrected chi connectivity index (χ1v) is 7.35. The lowest BCUT2D eigenvalue weighted by atomic mass is 9.46. The Kier molecular flexibility index (Phi) is 2.74. The summed E-state index contributed by atoms with van der Waals surface area (Å²) in [6.07, 6.45) is -1.05. The van der Waals surface area contributed by atoms with Crippen LogP contribution in [0.1, 0.15) is 40.0 Å². The van der Waals surface area contributed by atoms with E-state index in [1.165, 1.54) is 13.8 Å². The van der Waals surface area contributed by atoms with Crippen molar-refractivity contribution in [2.45, 2.75) is 57.3 Å². The SMILES string of the molecule is CC1CC(O)[C@@]2(O)C13CC(=O)OC[C@]2(C)[C@@](C)(O)C(=O)C3. The van der Waals surface area contributed by atoms with Gasteiger partial charge in [0.05, 0.1) is 17.9 Å². The topological polar surface area (TPSA) is 104 Å². The van der Waals surface area contributed by atoms with Crippen molar-refractivity contribution in [1.29, 1.82) is 0 Å². The van der Waals surface area contributed by atoms with Crippen molar-refractivity contribution in [2.75, 3.05) is 6.61 Å². The quantitative estimate of drug-likeness (QED) is 0.534. The third-order valence-corrected chi connectivity index (χ3v) is 6.68. The normalized spacial score (nSPS) is 56.7. The van der Waals surface area contributed by atoms with Gasteiger partial charge in [-0.2, -0.15) is 0 Å². The number of carbonyl (C=O) groups excluding carboxylic acids is 2. The molecule has 6 atom stereocenters. The van der Waals surface area contributed by atoms with E-state index >= 15 is 0 Å². The van der Waals surface area contributed by atoms with Crippen molar-refractivity contribution in [3.05, 3.63) is 0 Å². The number of carbonyl (C=O) groups is 2. The molecule has 0 aromatic rings. The highest BCUT2D eigenvalue weighted by molar-refractivity contribution is 5.91. The molecule has 1 heterocycles. The number of cyclic esters (lactones) is 1. The summed E-state index contributed by atoms with van der Waals surface area (Å²) < 4.78 is 5.17. The first-order chi connectivity index (χ1) is 9.53. The third kappa shape index (κ3) is 1.34. The molecule has 3 fully saturated rings. The molecule has 21 heavy (non-hydrogen) atoms. The standard InChI is InChI=1S/C15H22O6/c1-8-4-9(16)15(20)12(2)7-21-11(18)6-14(8,15)5-10(17)13(12,3)19/h8-9,16,19-20H,4-7H2,1-3H3/t8?,9?,12-,13+,14?,15+/m1/s1. The molecule has 118 valence electrons. The van der Waals surface area contributed by atoms with Gasteiger partial charge in [-0.3, -0.25) is 9.59 Å². The number of aliphatic hydroxyl groups is 3. The summed E-state index contributed by atoms with van der Waals surface area (Å²) in [7, 11) is 0. The maximum atomic E-state index is 12.5. The molecule has 2 saturated carbocycles. The van der Waals surface area contributed by atoms with Gasteiger partial charge < -0.3 is 20.1 Å². The Hall–Kier alpha value is -0.980. The summed E-state index contributed by atoms with van der Waals surface area (Å²) in [5.41, 5.74) is -6.11. The number of hydrogen-bond acceptors (Lipinski definition) is 6. The highest BCUT2D eigenvalue weighted by atomic mass is 16.5. The Morgan fingerprint density at radius 1 is 1.19 bits per heavy atom. The van der Waals surface area contributed by atoms with Crippen molar-refractivity contribution < 1.29 is 29.6 Å². The van der Waals surface area contributed by atoms with Crippen molar-refractivity contribution in [3.63, 3.8) is 0 Å². The Morgan fingerprint density at radius 2 is 1.81 bits per heavy atom. The second-order valence-corrected chi connectivity index (χ2v) is 7.42. The molecule has 0 radical (unpaired) electrons. The van der Waals surface area contributed by atoms with Crippen LogP contribution in [0.15, 0.2) is 0 Å². The summed E-state index contributed by atoms with van der Waals surface area (Å²) in [6, 6.07) is 0. The molecule has 3 rings (SSSR count). The van der Waals surface area contributed by atoms with Gasteiger partial charge in [-0.1, -0.05) is 13.8 Å². The first-order valence-electron chi connectivity index (χ1n) is 7.35. The molecule has 0 spiro atoms. The molecule has 6 heteroatoms. The van der Waals surface area contributed by atoms with E-state index in [0.29, 0.717) is 6.42 Å². The van der Waals surface area contributed by atoms with Gasteiger partial charge in [-0.15, -0.1) is 0 Å². The summed E-state index contributed by atoms with van der Waals surface area (Å²) >= 11 is 0. The fraction of sp³-hybridized carbons (Fsp3) is 0.867. The molecule has 1 aliphatic heterocycles. The number of esters is 1. The van der Waals surface area contributed by atoms with Gasteiger partial charge in [0, 0.05) is 11.8 Å². The van der Waals surface area contributed by atoms with Crippen LogP contribution < -0.4 is 0 Å². The molecule has 3 N–H and O–H groups in total. The van der Waals surface area contributed by atoms with Crippen molar-refractivity contribution in [2.24, 2.45) is 16.7 Å². The molecule has 0 amide bonds. The van der Waals surface area contributed by atoms with Gasteiger partial charge in [0.25, 0.3) is 0 Å². The first kappa shape index (κ1) is 14.9. The summed E-state index contributed by atoms with van der Waals surface area (Å²) in [5, 5.41) is 32.7. The van der Waals surface area contributed by atoms with Crippen LogP contribution in [0.25, 0.3) is 0 Å². The van der Waals surface area contributed by atoms with E-state index in [2.05, 4.69) is 0 Å². The number of rotatable bonds is 0. The van der Waals surface area contributed by atoms with Crippen LogP contribution in [0, 0.1) is 16.7 Å². The summed E-state index contributed by atoms with van der Waals surface area (Å²) in [5.74, 6) is -1.12. The molecule has 3 unspecified atom stereocenters. The van der Waals surface area contributed by atoms with Crippen molar-refractivity contribution in [3.8, 4) is 0 Å². The van der Waals surface area contributed by atoms with Crippen LogP contribution in [-0.2, 0) is 14.3 Å². The monoisotopic (exact) mass is 298 g/mol. The minimum atomic E-state index is -1.86. The predicted octanol–water partition coefficient (Wildman–Crippen LogP) is -0.218. The molecule has 0 aromatic heterocycles. The Labute approximate surface area is 123 Å². The van der Waals surface area contributed by atoms with Crippen LogP contribution in [0.2, 0.25) is 0 Å². The Balaban J connectivity index is 2.32. The molecular formula is C15H22O6. The van der Waals surface area contributed by atoms with Crippen molar-refractivity contribution in [1.82, 2.24) is 0 Å². The molecule has 3 aliphatic rings. The van der Waals surface area contributed by atoms with E-state index in [9.17, 15) is 24.9 Å². The maximum absolute atomic E-state index is 12.5. The number of Topliss-reactive ketones (excluding diaryl/α,β-unsaturated/α-hetero) is 1. The van der Waals surface area contributed by atoms with Crippen LogP contribution in [0.4, 0.5) is 0 Å². The average Bonchev–Trinajstić information content (AvgIpc) is 2.52. The van der Waals surface area contributed by atoms with Crippen molar-refractivity contribution >= 4 is 11.8 Å². The van der Waals surface area contributed by atoms with Gasteiger partial charge in [-0.05, 0) is 19.3 Å². The number of ketones is 1. The number of aliphatic hydroxyl groups excluding tert-OH is 1. The van der Waals surface area contributed by atoms with E-state index in [1.54, 1.807) is 0 Å². The summed E-state index contributed by atoms with van der Waals surface area (Å²) in [4.78, 5) is 24.5. The van der Waals surface area contributed by atoms with Crippen LogP contribution in [0.3, 0.4) is 0 Å². The second kappa shape index (κ2) is 3.86. The average molecular weight is 298 g/mol. The van der Waals surface area contributed by atoms with Gasteiger partial charge in [0.1, 0.15) is 17.8 Å². The van der Waals surface area contributed by atoms with E-state index in [4.69, 9.17) is 4.74 Å². The molecule has 1 saturated heterocycles. The largest absolute Gasteiger partial charge is 0.465 e. The zero-order valence-corrected chi connectivity index (χ0v) is 12.5. The Morgan fingerprint density at radius 3 is 2.43 bits per heavy atom. The fourth-order valence-corrected chi connectivity index (χ4v) is 4.96. The Bertz CT molecular complexity index is 528. The zero-order chi connectivity index (χ0) is 15.8. The lowest BCUT2D eigenvalue weighted by Gasteiger charge is -2.60. The molecule has 6 nitrogen and oxygen atoms in total. The zero-order valence-electron chi connectivity index (χ0n) is 12.5. The van der Waals surface area contributed by atoms with E-state index < -0.39 is 39.9 Å². The molecular weight excluding hydrogens is 276 g/mol. The van der Waals surface area contributed by atoms with Gasteiger partial charge in [-0.25, -0.2) is 0 Å². The highest BCUT2D eigenvalue weighted by Crippen LogP contribution is 2.68. The van der Waals surface area contributed by atoms with Gasteiger partial charge in [0.2, 0.25) is 0 Å². The smallest absolute Gasteiger partial charge is 0.306 e. The van der Waals surface area contributed by atoms with Gasteiger partial charge >= 0.3 is 5.97 Å². The number of hydrogen-bond donors (Lipinski definition) is 3. The molecule has 2 aliphatic carbocycles. The lowest BCUT2D eigenvalue weighted by molar-refractivity contribution is -0.272. The molecule has 0 aromatic carbocycles. The third-order valence-electron chi connectivity index (χ3n) is 6.68. The fourth-order valence-electron chi connectivity index (χ4n) is 4.96. The second-order valence-electron chi connectivity index (χ2n) is 7.42. The molecule has 2 bridgehead atoms. The van der Waals surface area contributed by atoms with Crippen LogP contribution in [-0.4, -0.2) is 51.0 Å². The minimum Gasteiger partial charge on any atom is -0.465 e. The van der Waals surface area contributed by atoms with E-state index in [0.717, 1.165) is 0 Å². The maximum Gasteiger partial charge on any atom is 0.306 e. The van der Waals surface area contributed by atoms with Crippen LogP contribution in [0.5, 0.6) is 0 Å². The highest BCUT2D eigenvalue weighted by Gasteiger charge is 2.80. The lowest BCUT2D eigenvalue weighted by Crippen LogP contribution is -2.75. The number of ether oxygens (including phenoxy) is 1. The summed E-state index contributed by atoms with van der Waals surface area (Å²) in [6.45, 7) is 4.41.